The van der Waals surface area contributed by atoms with Gasteiger partial charge in [-0.05, 0) is 55.4 Å². The lowest BCUT2D eigenvalue weighted by atomic mass is 9.95. The van der Waals surface area contributed by atoms with Crippen molar-refractivity contribution in [2.75, 3.05) is 6.54 Å². The van der Waals surface area contributed by atoms with Crippen molar-refractivity contribution in [3.05, 3.63) is 71.3 Å². The largest absolute Gasteiger partial charge is 0.339 e. The number of halogens is 2. The highest BCUT2D eigenvalue weighted by Gasteiger charge is 2.26. The zero-order valence-corrected chi connectivity index (χ0v) is 14.3. The third-order valence-corrected chi connectivity index (χ3v) is 4.87. The van der Waals surface area contributed by atoms with Gasteiger partial charge in [0.15, 0.2) is 11.6 Å². The predicted molar refractivity (Wildman–Crippen MR) is 94.2 cm³/mol. The van der Waals surface area contributed by atoms with E-state index in [2.05, 4.69) is 12.1 Å². The van der Waals surface area contributed by atoms with E-state index in [-0.39, 0.29) is 11.9 Å². The van der Waals surface area contributed by atoms with Gasteiger partial charge in [0.2, 0.25) is 5.91 Å². The number of piperidine rings is 1. The minimum atomic E-state index is -0.857. The fraction of sp³-hybridized carbons (Fsp3) is 0.381. The number of rotatable bonds is 5. The Labute approximate surface area is 147 Å². The zero-order chi connectivity index (χ0) is 17.6. The molecule has 1 aliphatic heterocycles. The molecule has 132 valence electrons. The molecule has 0 saturated carbocycles. The molecule has 2 nitrogen and oxygen atoms in total. The van der Waals surface area contributed by atoms with Crippen LogP contribution in [0.5, 0.6) is 0 Å². The van der Waals surface area contributed by atoms with Crippen LogP contribution >= 0.6 is 0 Å². The van der Waals surface area contributed by atoms with Crippen molar-refractivity contribution in [1.29, 1.82) is 0 Å². The van der Waals surface area contributed by atoms with Gasteiger partial charge in [-0.25, -0.2) is 8.78 Å². The summed E-state index contributed by atoms with van der Waals surface area (Å²) in [6, 6.07) is 14.3. The molecule has 2 aromatic carbocycles. The summed E-state index contributed by atoms with van der Waals surface area (Å²) in [6.07, 6.45) is 4.83. The molecule has 0 aromatic heterocycles. The minimum absolute atomic E-state index is 0.102. The van der Waals surface area contributed by atoms with E-state index in [4.69, 9.17) is 0 Å². The third-order valence-electron chi connectivity index (χ3n) is 4.87. The first-order chi connectivity index (χ1) is 12.1. The topological polar surface area (TPSA) is 20.3 Å². The first-order valence-electron chi connectivity index (χ1n) is 8.91. The van der Waals surface area contributed by atoms with Gasteiger partial charge in [0.05, 0.1) is 0 Å². The van der Waals surface area contributed by atoms with Crippen LogP contribution in [0.15, 0.2) is 48.5 Å². The van der Waals surface area contributed by atoms with E-state index in [0.717, 1.165) is 38.3 Å². The van der Waals surface area contributed by atoms with E-state index < -0.39 is 11.6 Å². The number of nitrogens with zero attached hydrogens (tertiary/aromatic N) is 1. The molecule has 1 atom stereocenters. The van der Waals surface area contributed by atoms with Crippen molar-refractivity contribution < 1.29 is 13.6 Å². The standard InChI is InChI=1S/C21H23F2NO/c22-19-11-9-17(15-20(19)23)10-12-21(25)24-13-5-4-8-18(24)14-16-6-2-1-3-7-16/h1-3,6-7,9,11,15,18H,4-5,8,10,12-14H2. The van der Waals surface area contributed by atoms with E-state index >= 15 is 0 Å². The summed E-state index contributed by atoms with van der Waals surface area (Å²) in [5.41, 5.74) is 1.90. The summed E-state index contributed by atoms with van der Waals surface area (Å²) in [6.45, 7) is 0.786. The highest BCUT2D eigenvalue weighted by molar-refractivity contribution is 5.77. The third kappa shape index (κ3) is 4.65. The summed E-state index contributed by atoms with van der Waals surface area (Å²) in [4.78, 5) is 14.7. The number of hydrogen-bond donors (Lipinski definition) is 0. The van der Waals surface area contributed by atoms with Gasteiger partial charge in [0.1, 0.15) is 0 Å². The van der Waals surface area contributed by atoms with Gasteiger partial charge in [-0.1, -0.05) is 36.4 Å². The highest BCUT2D eigenvalue weighted by Crippen LogP contribution is 2.22. The van der Waals surface area contributed by atoms with Crippen molar-refractivity contribution in [2.24, 2.45) is 0 Å². The minimum Gasteiger partial charge on any atom is -0.339 e. The van der Waals surface area contributed by atoms with Crippen LogP contribution in [-0.2, 0) is 17.6 Å². The van der Waals surface area contributed by atoms with Crippen molar-refractivity contribution in [2.45, 2.75) is 44.6 Å². The second-order valence-corrected chi connectivity index (χ2v) is 6.67. The van der Waals surface area contributed by atoms with Gasteiger partial charge in [0.25, 0.3) is 0 Å². The molecular formula is C21H23F2NO. The van der Waals surface area contributed by atoms with Crippen LogP contribution in [0.4, 0.5) is 8.78 Å². The molecule has 4 heteroatoms. The Bertz CT molecular complexity index is 717. The molecule has 0 radical (unpaired) electrons. The Morgan fingerprint density at radius 3 is 2.56 bits per heavy atom. The predicted octanol–water partition coefficient (Wildman–Crippen LogP) is 4.52. The number of carbonyl (C=O) groups is 1. The Balaban J connectivity index is 1.61. The van der Waals surface area contributed by atoms with Gasteiger partial charge in [0, 0.05) is 19.0 Å². The molecule has 1 saturated heterocycles. The number of amides is 1. The Kier molecular flexibility index (Phi) is 5.79. The average Bonchev–Trinajstić information content (AvgIpc) is 2.64. The molecule has 3 rings (SSSR count). The SMILES string of the molecule is O=C(CCc1ccc(F)c(F)c1)N1CCCCC1Cc1ccccc1. The molecule has 1 heterocycles. The van der Waals surface area contributed by atoms with E-state index in [1.54, 1.807) is 6.07 Å². The van der Waals surface area contributed by atoms with Crippen molar-refractivity contribution >= 4 is 5.91 Å². The molecule has 0 bridgehead atoms. The summed E-state index contributed by atoms with van der Waals surface area (Å²) in [7, 11) is 0. The van der Waals surface area contributed by atoms with E-state index in [1.165, 1.54) is 11.6 Å². The van der Waals surface area contributed by atoms with E-state index in [9.17, 15) is 13.6 Å². The molecule has 1 aliphatic rings. The van der Waals surface area contributed by atoms with Gasteiger partial charge in [-0.3, -0.25) is 4.79 Å². The van der Waals surface area contributed by atoms with Gasteiger partial charge >= 0.3 is 0 Å². The zero-order valence-electron chi connectivity index (χ0n) is 14.3. The van der Waals surface area contributed by atoms with Gasteiger partial charge < -0.3 is 4.90 Å². The van der Waals surface area contributed by atoms with Crippen molar-refractivity contribution in [1.82, 2.24) is 4.90 Å². The Morgan fingerprint density at radius 1 is 1.00 bits per heavy atom. The van der Waals surface area contributed by atoms with Gasteiger partial charge in [-0.2, -0.15) is 0 Å². The lowest BCUT2D eigenvalue weighted by Gasteiger charge is -2.36. The smallest absolute Gasteiger partial charge is 0.223 e. The van der Waals surface area contributed by atoms with E-state index in [1.807, 2.05) is 23.1 Å². The fourth-order valence-electron chi connectivity index (χ4n) is 3.52. The molecule has 2 aromatic rings. The number of carbonyl (C=O) groups excluding carboxylic acids is 1. The number of benzene rings is 2. The molecule has 0 aliphatic carbocycles. The number of likely N-dealkylation sites (tertiary alicyclic amines) is 1. The number of hydrogen-bond acceptors (Lipinski definition) is 1. The summed E-state index contributed by atoms with van der Waals surface area (Å²) < 4.78 is 26.3. The Hall–Kier alpha value is -2.23. The van der Waals surface area contributed by atoms with Gasteiger partial charge in [-0.15, -0.1) is 0 Å². The van der Waals surface area contributed by atoms with Crippen LogP contribution in [0, 0.1) is 11.6 Å². The molecule has 1 fully saturated rings. The highest BCUT2D eigenvalue weighted by atomic mass is 19.2. The maximum absolute atomic E-state index is 13.3. The summed E-state index contributed by atoms with van der Waals surface area (Å²) >= 11 is 0. The molecule has 1 unspecified atom stereocenters. The molecule has 0 N–H and O–H groups in total. The molecular weight excluding hydrogens is 320 g/mol. The normalized spacial score (nSPS) is 17.5. The second-order valence-electron chi connectivity index (χ2n) is 6.67. The lowest BCUT2D eigenvalue weighted by molar-refractivity contribution is -0.134. The van der Waals surface area contributed by atoms with Crippen LogP contribution in [0.2, 0.25) is 0 Å². The van der Waals surface area contributed by atoms with Crippen LogP contribution in [0.25, 0.3) is 0 Å². The lowest BCUT2D eigenvalue weighted by Crippen LogP contribution is -2.45. The van der Waals surface area contributed by atoms with Crippen molar-refractivity contribution in [3.63, 3.8) is 0 Å². The summed E-state index contributed by atoms with van der Waals surface area (Å²) in [5.74, 6) is -1.61. The Morgan fingerprint density at radius 2 is 1.80 bits per heavy atom. The van der Waals surface area contributed by atoms with Crippen LogP contribution in [0.1, 0.15) is 36.8 Å². The second kappa shape index (κ2) is 8.24. The maximum Gasteiger partial charge on any atom is 0.223 e. The van der Waals surface area contributed by atoms with Crippen molar-refractivity contribution in [3.8, 4) is 0 Å². The monoisotopic (exact) mass is 343 g/mol. The summed E-state index contributed by atoms with van der Waals surface area (Å²) in [5, 5.41) is 0. The number of aryl methyl sites for hydroxylation is 1. The fourth-order valence-corrected chi connectivity index (χ4v) is 3.52. The molecule has 25 heavy (non-hydrogen) atoms. The molecule has 1 amide bonds. The van der Waals surface area contributed by atoms with E-state index in [0.29, 0.717) is 18.4 Å². The first kappa shape index (κ1) is 17.6. The van der Waals surface area contributed by atoms with Crippen LogP contribution < -0.4 is 0 Å². The maximum atomic E-state index is 13.3. The average molecular weight is 343 g/mol. The first-order valence-corrected chi connectivity index (χ1v) is 8.91. The quantitative estimate of drug-likeness (QED) is 0.781. The van der Waals surface area contributed by atoms with Crippen LogP contribution in [0.3, 0.4) is 0 Å². The molecule has 0 spiro atoms. The van der Waals surface area contributed by atoms with Crippen LogP contribution in [-0.4, -0.2) is 23.4 Å².